The van der Waals surface area contributed by atoms with Crippen molar-refractivity contribution in [3.63, 3.8) is 0 Å². The fourth-order valence-electron chi connectivity index (χ4n) is 2.60. The lowest BCUT2D eigenvalue weighted by Gasteiger charge is -2.32. The number of aliphatic hydroxyl groups excluding tert-OH is 1. The van der Waals surface area contributed by atoms with Crippen LogP contribution in [0, 0.1) is 6.92 Å². The van der Waals surface area contributed by atoms with Gasteiger partial charge in [0.1, 0.15) is 0 Å². The molecule has 1 aromatic carbocycles. The Morgan fingerprint density at radius 1 is 1.29 bits per heavy atom. The predicted octanol–water partition coefficient (Wildman–Crippen LogP) is 1.50. The summed E-state index contributed by atoms with van der Waals surface area (Å²) in [5, 5.41) is 9.59. The van der Waals surface area contributed by atoms with Gasteiger partial charge in [-0.2, -0.15) is 0 Å². The van der Waals surface area contributed by atoms with E-state index in [4.69, 9.17) is 0 Å². The highest BCUT2D eigenvalue weighted by atomic mass is 16.3. The number of aliphatic hydroxyl groups is 1. The van der Waals surface area contributed by atoms with Gasteiger partial charge < -0.3 is 14.9 Å². The number of aryl methyl sites for hydroxylation is 1. The van der Waals surface area contributed by atoms with Crippen LogP contribution in [0.2, 0.25) is 0 Å². The summed E-state index contributed by atoms with van der Waals surface area (Å²) in [6.45, 7) is 5.43. The predicted molar refractivity (Wildman–Crippen MR) is 71.5 cm³/mol. The van der Waals surface area contributed by atoms with Crippen molar-refractivity contribution in [2.75, 3.05) is 38.2 Å². The minimum absolute atomic E-state index is 0.212. The van der Waals surface area contributed by atoms with Crippen LogP contribution in [-0.4, -0.2) is 49.3 Å². The third kappa shape index (κ3) is 2.79. The molecule has 1 aliphatic heterocycles. The maximum absolute atomic E-state index is 9.59. The Kier molecular flexibility index (Phi) is 4.02. The topological polar surface area (TPSA) is 26.7 Å². The van der Waals surface area contributed by atoms with Crippen LogP contribution in [0.15, 0.2) is 24.3 Å². The molecule has 94 valence electrons. The average molecular weight is 234 g/mol. The Bertz CT molecular complexity index is 367. The van der Waals surface area contributed by atoms with Crippen molar-refractivity contribution in [1.29, 1.82) is 0 Å². The van der Waals surface area contributed by atoms with Crippen LogP contribution < -0.4 is 4.90 Å². The number of para-hydroxylation sites is 1. The van der Waals surface area contributed by atoms with Gasteiger partial charge in [0.25, 0.3) is 0 Å². The number of anilines is 1. The molecule has 1 heterocycles. The van der Waals surface area contributed by atoms with Gasteiger partial charge in [0, 0.05) is 18.8 Å². The number of nitrogens with zero attached hydrogens (tertiary/aromatic N) is 2. The van der Waals surface area contributed by atoms with Crippen molar-refractivity contribution in [2.45, 2.75) is 19.4 Å². The SMILES string of the molecule is Cc1ccccc1N1CCCN(C)CC1CO. The maximum Gasteiger partial charge on any atom is 0.0647 e. The van der Waals surface area contributed by atoms with Crippen LogP contribution >= 0.6 is 0 Å². The van der Waals surface area contributed by atoms with Crippen molar-refractivity contribution >= 4 is 5.69 Å². The van der Waals surface area contributed by atoms with E-state index in [9.17, 15) is 5.11 Å². The molecule has 3 nitrogen and oxygen atoms in total. The van der Waals surface area contributed by atoms with Gasteiger partial charge in [-0.05, 0) is 38.6 Å². The van der Waals surface area contributed by atoms with Gasteiger partial charge in [-0.1, -0.05) is 18.2 Å². The van der Waals surface area contributed by atoms with E-state index in [0.717, 1.165) is 26.1 Å². The molecule has 0 saturated carbocycles. The zero-order valence-corrected chi connectivity index (χ0v) is 10.8. The smallest absolute Gasteiger partial charge is 0.0647 e. The molecule has 0 aromatic heterocycles. The van der Waals surface area contributed by atoms with E-state index < -0.39 is 0 Å². The number of hydrogen-bond donors (Lipinski definition) is 1. The summed E-state index contributed by atoms with van der Waals surface area (Å²) < 4.78 is 0. The van der Waals surface area contributed by atoms with Crippen LogP contribution in [-0.2, 0) is 0 Å². The highest BCUT2D eigenvalue weighted by molar-refractivity contribution is 5.54. The summed E-state index contributed by atoms with van der Waals surface area (Å²) in [6, 6.07) is 8.65. The summed E-state index contributed by atoms with van der Waals surface area (Å²) in [5.74, 6) is 0. The monoisotopic (exact) mass is 234 g/mol. The van der Waals surface area contributed by atoms with Gasteiger partial charge in [-0.3, -0.25) is 0 Å². The summed E-state index contributed by atoms with van der Waals surface area (Å²) in [4.78, 5) is 4.66. The lowest BCUT2D eigenvalue weighted by Crippen LogP contribution is -2.43. The van der Waals surface area contributed by atoms with E-state index in [1.807, 2.05) is 0 Å². The van der Waals surface area contributed by atoms with E-state index in [1.165, 1.54) is 11.3 Å². The van der Waals surface area contributed by atoms with Crippen LogP contribution in [0.3, 0.4) is 0 Å². The first-order chi connectivity index (χ1) is 8.22. The first-order valence-electron chi connectivity index (χ1n) is 6.34. The normalized spacial score (nSPS) is 22.5. The van der Waals surface area contributed by atoms with E-state index >= 15 is 0 Å². The average Bonchev–Trinajstić information content (AvgIpc) is 2.51. The fourth-order valence-corrected chi connectivity index (χ4v) is 2.60. The molecule has 0 aliphatic carbocycles. The van der Waals surface area contributed by atoms with E-state index in [2.05, 4.69) is 48.0 Å². The van der Waals surface area contributed by atoms with Gasteiger partial charge in [0.2, 0.25) is 0 Å². The van der Waals surface area contributed by atoms with Gasteiger partial charge in [-0.15, -0.1) is 0 Å². The molecule has 0 radical (unpaired) electrons. The van der Waals surface area contributed by atoms with Crippen LogP contribution in [0.1, 0.15) is 12.0 Å². The molecule has 1 aromatic rings. The van der Waals surface area contributed by atoms with Crippen molar-refractivity contribution < 1.29 is 5.11 Å². The number of benzene rings is 1. The highest BCUT2D eigenvalue weighted by Gasteiger charge is 2.23. The Balaban J connectivity index is 2.25. The molecule has 0 spiro atoms. The second kappa shape index (κ2) is 5.52. The van der Waals surface area contributed by atoms with Crippen LogP contribution in [0.5, 0.6) is 0 Å². The molecule has 1 saturated heterocycles. The molecular formula is C14H22N2O. The lowest BCUT2D eigenvalue weighted by atomic mass is 10.1. The van der Waals surface area contributed by atoms with E-state index in [0.29, 0.717) is 0 Å². The molecule has 0 bridgehead atoms. The fraction of sp³-hybridized carbons (Fsp3) is 0.571. The zero-order chi connectivity index (χ0) is 12.3. The van der Waals surface area contributed by atoms with Gasteiger partial charge in [-0.25, -0.2) is 0 Å². The van der Waals surface area contributed by atoms with E-state index in [-0.39, 0.29) is 12.6 Å². The minimum atomic E-state index is 0.212. The number of likely N-dealkylation sites (N-methyl/N-ethyl adjacent to an activating group) is 1. The Morgan fingerprint density at radius 2 is 2.06 bits per heavy atom. The van der Waals surface area contributed by atoms with E-state index in [1.54, 1.807) is 0 Å². The van der Waals surface area contributed by atoms with Crippen molar-refractivity contribution in [3.8, 4) is 0 Å². The van der Waals surface area contributed by atoms with Crippen molar-refractivity contribution in [2.24, 2.45) is 0 Å². The standard InChI is InChI=1S/C14H22N2O/c1-12-6-3-4-7-14(12)16-9-5-8-15(2)10-13(16)11-17/h3-4,6-7,13,17H,5,8-11H2,1-2H3. The summed E-state index contributed by atoms with van der Waals surface area (Å²) in [5.41, 5.74) is 2.55. The third-order valence-corrected chi connectivity index (χ3v) is 3.54. The molecule has 1 N–H and O–H groups in total. The molecule has 17 heavy (non-hydrogen) atoms. The lowest BCUT2D eigenvalue weighted by molar-refractivity contribution is 0.229. The Labute approximate surface area is 104 Å². The zero-order valence-electron chi connectivity index (χ0n) is 10.8. The molecule has 1 aliphatic rings. The van der Waals surface area contributed by atoms with Crippen molar-refractivity contribution in [1.82, 2.24) is 4.90 Å². The number of rotatable bonds is 2. The molecule has 1 atom stereocenters. The third-order valence-electron chi connectivity index (χ3n) is 3.54. The second-order valence-electron chi connectivity index (χ2n) is 4.93. The van der Waals surface area contributed by atoms with Crippen LogP contribution in [0.4, 0.5) is 5.69 Å². The summed E-state index contributed by atoms with van der Waals surface area (Å²) >= 11 is 0. The minimum Gasteiger partial charge on any atom is -0.394 e. The molecule has 1 fully saturated rings. The van der Waals surface area contributed by atoms with Crippen molar-refractivity contribution in [3.05, 3.63) is 29.8 Å². The van der Waals surface area contributed by atoms with Gasteiger partial charge in [0.05, 0.1) is 12.6 Å². The number of hydrogen-bond acceptors (Lipinski definition) is 3. The summed E-state index contributed by atoms with van der Waals surface area (Å²) in [7, 11) is 2.13. The van der Waals surface area contributed by atoms with Gasteiger partial charge >= 0.3 is 0 Å². The Hall–Kier alpha value is -1.06. The van der Waals surface area contributed by atoms with Crippen LogP contribution in [0.25, 0.3) is 0 Å². The molecule has 2 rings (SSSR count). The highest BCUT2D eigenvalue weighted by Crippen LogP contribution is 2.23. The molecular weight excluding hydrogens is 212 g/mol. The first-order valence-corrected chi connectivity index (χ1v) is 6.34. The molecule has 3 heteroatoms. The quantitative estimate of drug-likeness (QED) is 0.840. The second-order valence-corrected chi connectivity index (χ2v) is 4.93. The largest absolute Gasteiger partial charge is 0.394 e. The first kappa shape index (κ1) is 12.4. The molecule has 1 unspecified atom stereocenters. The maximum atomic E-state index is 9.59. The summed E-state index contributed by atoms with van der Waals surface area (Å²) in [6.07, 6.45) is 1.15. The van der Waals surface area contributed by atoms with Gasteiger partial charge in [0.15, 0.2) is 0 Å². The molecule has 0 amide bonds. The Morgan fingerprint density at radius 3 is 2.76 bits per heavy atom.